The predicted octanol–water partition coefficient (Wildman–Crippen LogP) is 1.15. The van der Waals surface area contributed by atoms with Crippen molar-refractivity contribution in [2.45, 2.75) is 6.54 Å². The van der Waals surface area contributed by atoms with E-state index in [1.54, 1.807) is 0 Å². The maximum atomic E-state index is 5.51. The first-order chi connectivity index (χ1) is 5.42. The normalized spacial score (nSPS) is 10.6. The molecule has 56 valence electrons. The van der Waals surface area contributed by atoms with Crippen LogP contribution < -0.4 is 5.73 Å². The molecule has 0 atom stereocenters. The van der Waals surface area contributed by atoms with E-state index in [1.807, 2.05) is 18.2 Å². The molecule has 0 aliphatic rings. The van der Waals surface area contributed by atoms with Crippen LogP contribution in [0.4, 0.5) is 0 Å². The number of nitrogens with zero attached hydrogens (tertiary/aromatic N) is 2. The van der Waals surface area contributed by atoms with Gasteiger partial charge in [-0.3, -0.25) is 0 Å². The molecule has 1 aromatic heterocycles. The van der Waals surface area contributed by atoms with Crippen LogP contribution in [0.5, 0.6) is 0 Å². The molecule has 0 bridgehead atoms. The molecular weight excluding hydrogens is 158 g/mol. The van der Waals surface area contributed by atoms with Crippen molar-refractivity contribution in [1.82, 2.24) is 8.75 Å². The van der Waals surface area contributed by atoms with Gasteiger partial charge in [0, 0.05) is 6.54 Å². The highest BCUT2D eigenvalue weighted by Crippen LogP contribution is 2.15. The Balaban J connectivity index is 2.79. The van der Waals surface area contributed by atoms with Gasteiger partial charge in [-0.15, -0.1) is 0 Å². The summed E-state index contributed by atoms with van der Waals surface area (Å²) in [5.41, 5.74) is 8.46. The molecule has 0 saturated heterocycles. The average molecular weight is 165 g/mol. The quantitative estimate of drug-likeness (QED) is 0.689. The van der Waals surface area contributed by atoms with Gasteiger partial charge in [0.1, 0.15) is 11.0 Å². The summed E-state index contributed by atoms with van der Waals surface area (Å²) in [4.78, 5) is 0. The molecule has 0 unspecified atom stereocenters. The minimum atomic E-state index is 0.531. The Kier molecular flexibility index (Phi) is 1.56. The standard InChI is InChI=1S/C7H7N3S/c8-4-5-2-1-3-6-7(5)10-11-9-6/h1-3H,4,8H2. The third-order valence-electron chi connectivity index (χ3n) is 1.59. The van der Waals surface area contributed by atoms with E-state index < -0.39 is 0 Å². The van der Waals surface area contributed by atoms with E-state index in [0.717, 1.165) is 16.6 Å². The molecule has 0 saturated carbocycles. The van der Waals surface area contributed by atoms with Gasteiger partial charge >= 0.3 is 0 Å². The highest BCUT2D eigenvalue weighted by molar-refractivity contribution is 7.00. The Morgan fingerprint density at radius 3 is 3.09 bits per heavy atom. The summed E-state index contributed by atoms with van der Waals surface area (Å²) >= 11 is 1.23. The number of aromatic nitrogens is 2. The fraction of sp³-hybridized carbons (Fsp3) is 0.143. The summed E-state index contributed by atoms with van der Waals surface area (Å²) in [6, 6.07) is 5.87. The topological polar surface area (TPSA) is 51.8 Å². The van der Waals surface area contributed by atoms with E-state index in [2.05, 4.69) is 8.75 Å². The number of benzene rings is 1. The van der Waals surface area contributed by atoms with Gasteiger partial charge in [-0.1, -0.05) is 12.1 Å². The van der Waals surface area contributed by atoms with Gasteiger partial charge in [0.15, 0.2) is 0 Å². The molecule has 0 fully saturated rings. The maximum Gasteiger partial charge on any atom is 0.109 e. The Hall–Kier alpha value is -1.00. The smallest absolute Gasteiger partial charge is 0.109 e. The van der Waals surface area contributed by atoms with E-state index in [4.69, 9.17) is 5.73 Å². The van der Waals surface area contributed by atoms with Crippen molar-refractivity contribution < 1.29 is 0 Å². The first-order valence-electron chi connectivity index (χ1n) is 3.32. The monoisotopic (exact) mass is 165 g/mol. The largest absolute Gasteiger partial charge is 0.326 e. The second kappa shape index (κ2) is 2.56. The molecule has 0 spiro atoms. The van der Waals surface area contributed by atoms with Crippen molar-refractivity contribution in [2.24, 2.45) is 5.73 Å². The summed E-state index contributed by atoms with van der Waals surface area (Å²) < 4.78 is 8.24. The van der Waals surface area contributed by atoms with Crippen molar-refractivity contribution in [3.63, 3.8) is 0 Å². The predicted molar refractivity (Wildman–Crippen MR) is 45.3 cm³/mol. The Morgan fingerprint density at radius 1 is 1.36 bits per heavy atom. The van der Waals surface area contributed by atoms with E-state index in [9.17, 15) is 0 Å². The highest BCUT2D eigenvalue weighted by Gasteiger charge is 2.01. The second-order valence-corrected chi connectivity index (χ2v) is 2.78. The Bertz CT molecular complexity index is 368. The zero-order valence-corrected chi connectivity index (χ0v) is 6.64. The minimum absolute atomic E-state index is 0.531. The highest BCUT2D eigenvalue weighted by atomic mass is 32.1. The molecule has 0 radical (unpaired) electrons. The lowest BCUT2D eigenvalue weighted by Gasteiger charge is -1.94. The molecule has 3 nitrogen and oxygen atoms in total. The van der Waals surface area contributed by atoms with Crippen LogP contribution in [-0.2, 0) is 6.54 Å². The first-order valence-corrected chi connectivity index (χ1v) is 4.05. The van der Waals surface area contributed by atoms with Crippen LogP contribution in [0.3, 0.4) is 0 Å². The van der Waals surface area contributed by atoms with Crippen LogP contribution in [0.1, 0.15) is 5.56 Å². The second-order valence-electron chi connectivity index (χ2n) is 2.25. The van der Waals surface area contributed by atoms with Gasteiger partial charge in [-0.2, -0.15) is 8.75 Å². The summed E-state index contributed by atoms with van der Waals surface area (Å²) in [6.45, 7) is 0.531. The Labute approximate surface area is 68.2 Å². The van der Waals surface area contributed by atoms with Gasteiger partial charge in [0.05, 0.1) is 11.7 Å². The van der Waals surface area contributed by atoms with E-state index >= 15 is 0 Å². The zero-order chi connectivity index (χ0) is 7.68. The third kappa shape index (κ3) is 1.00. The van der Waals surface area contributed by atoms with E-state index in [1.165, 1.54) is 11.7 Å². The molecule has 1 heterocycles. The fourth-order valence-electron chi connectivity index (χ4n) is 1.03. The molecule has 2 aromatic rings. The van der Waals surface area contributed by atoms with Crippen molar-refractivity contribution in [2.75, 3.05) is 0 Å². The lowest BCUT2D eigenvalue weighted by atomic mass is 10.2. The summed E-state index contributed by atoms with van der Waals surface area (Å²) in [5.74, 6) is 0. The molecule has 0 aliphatic heterocycles. The van der Waals surface area contributed by atoms with Crippen LogP contribution in [0.25, 0.3) is 11.0 Å². The molecule has 11 heavy (non-hydrogen) atoms. The average Bonchev–Trinajstić information content (AvgIpc) is 2.50. The van der Waals surface area contributed by atoms with Crippen molar-refractivity contribution >= 4 is 22.8 Å². The SMILES string of the molecule is NCc1cccc2nsnc12. The third-order valence-corrected chi connectivity index (χ3v) is 2.13. The van der Waals surface area contributed by atoms with Gasteiger partial charge in [-0.05, 0) is 11.6 Å². The lowest BCUT2D eigenvalue weighted by Crippen LogP contribution is -1.96. The Morgan fingerprint density at radius 2 is 2.27 bits per heavy atom. The molecule has 0 amide bonds. The number of rotatable bonds is 1. The summed E-state index contributed by atoms with van der Waals surface area (Å²) in [6.07, 6.45) is 0. The number of fused-ring (bicyclic) bond motifs is 1. The molecule has 1 aromatic carbocycles. The maximum absolute atomic E-state index is 5.51. The van der Waals surface area contributed by atoms with Crippen LogP contribution in [0, 0.1) is 0 Å². The van der Waals surface area contributed by atoms with E-state index in [0.29, 0.717) is 6.54 Å². The molecule has 4 heteroatoms. The molecule has 2 rings (SSSR count). The number of nitrogens with two attached hydrogens (primary N) is 1. The van der Waals surface area contributed by atoms with Gasteiger partial charge in [-0.25, -0.2) is 0 Å². The number of hydrogen-bond donors (Lipinski definition) is 1. The molecule has 2 N–H and O–H groups in total. The minimum Gasteiger partial charge on any atom is -0.326 e. The van der Waals surface area contributed by atoms with E-state index in [-0.39, 0.29) is 0 Å². The summed E-state index contributed by atoms with van der Waals surface area (Å²) in [5, 5.41) is 0. The van der Waals surface area contributed by atoms with Crippen molar-refractivity contribution in [1.29, 1.82) is 0 Å². The first kappa shape index (κ1) is 6.69. The number of hydrogen-bond acceptors (Lipinski definition) is 4. The van der Waals surface area contributed by atoms with Gasteiger partial charge in [0.2, 0.25) is 0 Å². The van der Waals surface area contributed by atoms with Crippen LogP contribution >= 0.6 is 11.7 Å². The van der Waals surface area contributed by atoms with Gasteiger partial charge < -0.3 is 5.73 Å². The zero-order valence-electron chi connectivity index (χ0n) is 5.82. The van der Waals surface area contributed by atoms with Crippen LogP contribution in [-0.4, -0.2) is 8.75 Å². The van der Waals surface area contributed by atoms with Crippen molar-refractivity contribution in [3.8, 4) is 0 Å². The molecular formula is C7H7N3S. The van der Waals surface area contributed by atoms with Crippen LogP contribution in [0.2, 0.25) is 0 Å². The van der Waals surface area contributed by atoms with Gasteiger partial charge in [0.25, 0.3) is 0 Å². The fourth-order valence-corrected chi connectivity index (χ4v) is 1.60. The van der Waals surface area contributed by atoms with Crippen molar-refractivity contribution in [3.05, 3.63) is 23.8 Å². The summed E-state index contributed by atoms with van der Waals surface area (Å²) in [7, 11) is 0. The van der Waals surface area contributed by atoms with Crippen LogP contribution in [0.15, 0.2) is 18.2 Å². The lowest BCUT2D eigenvalue weighted by molar-refractivity contribution is 1.08. The molecule has 0 aliphatic carbocycles.